The van der Waals surface area contributed by atoms with E-state index in [0.29, 0.717) is 11.2 Å². The fourth-order valence-electron chi connectivity index (χ4n) is 2.69. The highest BCUT2D eigenvalue weighted by Gasteiger charge is 2.14. The van der Waals surface area contributed by atoms with Gasteiger partial charge in [0.05, 0.1) is 0 Å². The summed E-state index contributed by atoms with van der Waals surface area (Å²) in [5, 5.41) is 3.31. The van der Waals surface area contributed by atoms with Gasteiger partial charge in [-0.3, -0.25) is 13.9 Å². The zero-order valence-electron chi connectivity index (χ0n) is 12.3. The number of H-pyrrole nitrogens is 1. The van der Waals surface area contributed by atoms with Gasteiger partial charge in [-0.25, -0.2) is 9.78 Å². The Balaban J connectivity index is 1.87. The highest BCUT2D eigenvalue weighted by molar-refractivity contribution is 5.69. The smallest absolute Gasteiger partial charge is 0.332 e. The Bertz CT molecular complexity index is 765. The summed E-state index contributed by atoms with van der Waals surface area (Å²) in [7, 11) is 3.11. The average Bonchev–Trinajstić information content (AvgIpc) is 2.94. The molecule has 3 rings (SSSR count). The molecule has 2 aromatic heterocycles. The molecule has 0 radical (unpaired) electrons. The maximum Gasteiger partial charge on any atom is 0.332 e. The molecule has 0 spiro atoms. The van der Waals surface area contributed by atoms with Crippen molar-refractivity contribution >= 4 is 11.2 Å². The second kappa shape index (κ2) is 5.45. The lowest BCUT2D eigenvalue weighted by atomic mass is 10.3. The van der Waals surface area contributed by atoms with Gasteiger partial charge in [0.25, 0.3) is 5.56 Å². The van der Waals surface area contributed by atoms with E-state index in [1.807, 2.05) is 0 Å². The van der Waals surface area contributed by atoms with Crippen LogP contribution in [0.2, 0.25) is 0 Å². The van der Waals surface area contributed by atoms with E-state index in [4.69, 9.17) is 0 Å². The first-order valence-electron chi connectivity index (χ1n) is 7.15. The van der Waals surface area contributed by atoms with Crippen LogP contribution >= 0.6 is 0 Å². The number of imidazole rings is 1. The zero-order valence-corrected chi connectivity index (χ0v) is 12.3. The van der Waals surface area contributed by atoms with E-state index < -0.39 is 0 Å². The van der Waals surface area contributed by atoms with Crippen molar-refractivity contribution in [2.45, 2.75) is 6.42 Å². The van der Waals surface area contributed by atoms with Gasteiger partial charge in [-0.15, -0.1) is 0 Å². The van der Waals surface area contributed by atoms with Gasteiger partial charge in [0.1, 0.15) is 11.3 Å². The molecule has 114 valence electrons. The van der Waals surface area contributed by atoms with E-state index in [1.54, 1.807) is 7.05 Å². The van der Waals surface area contributed by atoms with Crippen LogP contribution in [0.15, 0.2) is 9.59 Å². The van der Waals surface area contributed by atoms with Gasteiger partial charge in [-0.2, -0.15) is 0 Å². The molecule has 8 nitrogen and oxygen atoms in total. The molecule has 1 fully saturated rings. The number of hydrogen-bond acceptors (Lipinski definition) is 5. The number of fused-ring (bicyclic) bond motifs is 1. The third kappa shape index (κ3) is 2.52. The van der Waals surface area contributed by atoms with Crippen molar-refractivity contribution in [3.05, 3.63) is 26.7 Å². The Morgan fingerprint density at radius 3 is 2.57 bits per heavy atom. The molecular weight excluding hydrogens is 272 g/mol. The Morgan fingerprint density at radius 1 is 1.14 bits per heavy atom. The number of hydrogen-bond donors (Lipinski definition) is 2. The Labute approximate surface area is 121 Å². The predicted molar refractivity (Wildman–Crippen MR) is 79.6 cm³/mol. The van der Waals surface area contributed by atoms with Crippen LogP contribution in [0.1, 0.15) is 5.82 Å². The third-order valence-corrected chi connectivity index (χ3v) is 4.02. The summed E-state index contributed by atoms with van der Waals surface area (Å²) in [6.07, 6.45) is 0.742. The number of piperazine rings is 1. The lowest BCUT2D eigenvalue weighted by Gasteiger charge is -2.26. The molecule has 0 atom stereocenters. The van der Waals surface area contributed by atoms with Crippen LogP contribution < -0.4 is 16.6 Å². The Hall–Kier alpha value is -1.93. The molecule has 0 bridgehead atoms. The fraction of sp³-hybridized carbons (Fsp3) is 0.615. The van der Waals surface area contributed by atoms with Gasteiger partial charge >= 0.3 is 5.69 Å². The van der Waals surface area contributed by atoms with Gasteiger partial charge in [-0.1, -0.05) is 0 Å². The number of aromatic amines is 1. The van der Waals surface area contributed by atoms with Crippen LogP contribution in [0, 0.1) is 0 Å². The number of rotatable bonds is 3. The summed E-state index contributed by atoms with van der Waals surface area (Å²) >= 11 is 0. The second-order valence-electron chi connectivity index (χ2n) is 5.43. The van der Waals surface area contributed by atoms with E-state index in [2.05, 4.69) is 20.2 Å². The van der Waals surface area contributed by atoms with Crippen LogP contribution in [-0.4, -0.2) is 56.7 Å². The van der Waals surface area contributed by atoms with E-state index in [0.717, 1.165) is 49.5 Å². The normalized spacial score (nSPS) is 16.7. The van der Waals surface area contributed by atoms with Crippen molar-refractivity contribution in [1.29, 1.82) is 0 Å². The molecule has 8 heteroatoms. The first kappa shape index (κ1) is 14.0. The topological polar surface area (TPSA) is 87.9 Å². The van der Waals surface area contributed by atoms with Gasteiger partial charge < -0.3 is 15.2 Å². The van der Waals surface area contributed by atoms with E-state index in [1.165, 1.54) is 11.6 Å². The lowest BCUT2D eigenvalue weighted by molar-refractivity contribution is 0.242. The summed E-state index contributed by atoms with van der Waals surface area (Å²) in [5.41, 5.74) is 0.148. The quantitative estimate of drug-likeness (QED) is 0.712. The number of nitrogens with one attached hydrogen (secondary N) is 2. The standard InChI is InChI=1S/C13H20N6O2/c1-17-11-10(12(20)18(2)13(17)21)15-9(16-11)3-6-19-7-4-14-5-8-19/h14H,3-8H2,1-2H3,(H,15,16). The first-order chi connectivity index (χ1) is 10.1. The highest BCUT2D eigenvalue weighted by atomic mass is 16.2. The van der Waals surface area contributed by atoms with E-state index >= 15 is 0 Å². The minimum absolute atomic E-state index is 0.325. The minimum atomic E-state index is -0.354. The molecule has 1 aliphatic rings. The number of aryl methyl sites for hydroxylation is 1. The molecule has 3 heterocycles. The minimum Gasteiger partial charge on any atom is -0.336 e. The summed E-state index contributed by atoms with van der Waals surface area (Å²) in [4.78, 5) is 33.8. The molecule has 1 aliphatic heterocycles. The molecule has 2 aromatic rings. The second-order valence-corrected chi connectivity index (χ2v) is 5.43. The van der Waals surface area contributed by atoms with Crippen molar-refractivity contribution in [3.63, 3.8) is 0 Å². The van der Waals surface area contributed by atoms with E-state index in [9.17, 15) is 9.59 Å². The summed E-state index contributed by atoms with van der Waals surface area (Å²) in [6.45, 7) is 4.97. The molecular formula is C13H20N6O2. The predicted octanol–water partition coefficient (Wildman–Crippen LogP) is -1.59. The number of aromatic nitrogens is 4. The summed E-state index contributed by atoms with van der Waals surface area (Å²) < 4.78 is 2.50. The molecule has 0 aliphatic carbocycles. The fourth-order valence-corrected chi connectivity index (χ4v) is 2.69. The zero-order chi connectivity index (χ0) is 15.0. The molecule has 0 amide bonds. The maximum absolute atomic E-state index is 12.1. The van der Waals surface area contributed by atoms with Crippen LogP contribution in [0.5, 0.6) is 0 Å². The molecule has 1 saturated heterocycles. The van der Waals surface area contributed by atoms with Gasteiger partial charge in [-0.05, 0) is 0 Å². The summed E-state index contributed by atoms with van der Waals surface area (Å²) in [5.74, 6) is 0.752. The SMILES string of the molecule is Cn1c(=O)c2[nH]c(CCN3CCNCC3)nc2n(C)c1=O. The maximum atomic E-state index is 12.1. The van der Waals surface area contributed by atoms with Crippen LogP contribution in [0.4, 0.5) is 0 Å². The van der Waals surface area contributed by atoms with Gasteiger partial charge in [0, 0.05) is 53.2 Å². The third-order valence-electron chi connectivity index (χ3n) is 4.02. The largest absolute Gasteiger partial charge is 0.336 e. The molecule has 2 N–H and O–H groups in total. The van der Waals surface area contributed by atoms with Crippen molar-refractivity contribution in [1.82, 2.24) is 29.3 Å². The van der Waals surface area contributed by atoms with Crippen LogP contribution in [0.25, 0.3) is 11.2 Å². The first-order valence-corrected chi connectivity index (χ1v) is 7.15. The lowest BCUT2D eigenvalue weighted by Crippen LogP contribution is -2.44. The van der Waals surface area contributed by atoms with Crippen molar-refractivity contribution in [2.24, 2.45) is 14.1 Å². The monoisotopic (exact) mass is 292 g/mol. The highest BCUT2D eigenvalue weighted by Crippen LogP contribution is 2.05. The van der Waals surface area contributed by atoms with Crippen molar-refractivity contribution in [2.75, 3.05) is 32.7 Å². The van der Waals surface area contributed by atoms with Gasteiger partial charge in [0.15, 0.2) is 5.65 Å². The Morgan fingerprint density at radius 2 is 1.86 bits per heavy atom. The molecule has 21 heavy (non-hydrogen) atoms. The van der Waals surface area contributed by atoms with Crippen molar-refractivity contribution in [3.8, 4) is 0 Å². The number of nitrogens with zero attached hydrogens (tertiary/aromatic N) is 4. The van der Waals surface area contributed by atoms with Crippen molar-refractivity contribution < 1.29 is 0 Å². The van der Waals surface area contributed by atoms with E-state index in [-0.39, 0.29) is 11.2 Å². The average molecular weight is 292 g/mol. The van der Waals surface area contributed by atoms with Gasteiger partial charge in [0.2, 0.25) is 0 Å². The molecule has 0 saturated carbocycles. The molecule has 0 unspecified atom stereocenters. The summed E-state index contributed by atoms with van der Waals surface area (Å²) in [6, 6.07) is 0. The van der Waals surface area contributed by atoms with Crippen LogP contribution in [0.3, 0.4) is 0 Å². The van der Waals surface area contributed by atoms with Crippen LogP contribution in [-0.2, 0) is 20.5 Å². The Kier molecular flexibility index (Phi) is 3.64. The molecule has 0 aromatic carbocycles.